The van der Waals surface area contributed by atoms with Crippen LogP contribution in [0.5, 0.6) is 0 Å². The van der Waals surface area contributed by atoms with Gasteiger partial charge in [0.05, 0.1) is 6.04 Å². The van der Waals surface area contributed by atoms with E-state index < -0.39 is 15.4 Å². The van der Waals surface area contributed by atoms with Crippen LogP contribution in [-0.2, 0) is 21.0 Å². The molecule has 22 heavy (non-hydrogen) atoms. The zero-order valence-corrected chi connectivity index (χ0v) is 14.4. The predicted octanol–water partition coefficient (Wildman–Crippen LogP) is 2.34. The van der Waals surface area contributed by atoms with Gasteiger partial charge in [0.2, 0.25) is 0 Å². The fourth-order valence-corrected chi connectivity index (χ4v) is 3.03. The number of sulfone groups is 1. The maximum absolute atomic E-state index is 12.2. The molecule has 0 saturated heterocycles. The van der Waals surface area contributed by atoms with Crippen LogP contribution in [0.4, 0.5) is 4.79 Å². The van der Waals surface area contributed by atoms with Crippen molar-refractivity contribution in [1.29, 1.82) is 0 Å². The number of rotatable bonds is 1. The minimum Gasteiger partial charge on any atom is -0.444 e. The van der Waals surface area contributed by atoms with Crippen LogP contribution in [0.25, 0.3) is 0 Å². The number of carbonyl (C=O) groups excluding carboxylic acids is 1. The molecule has 1 unspecified atom stereocenters. The molecule has 1 amide bonds. The van der Waals surface area contributed by atoms with Crippen LogP contribution in [0.15, 0.2) is 17.2 Å². The van der Waals surface area contributed by atoms with Gasteiger partial charge in [-0.25, -0.2) is 18.2 Å². The van der Waals surface area contributed by atoms with Crippen molar-refractivity contribution in [3.05, 3.63) is 23.4 Å². The fraction of sp³-hybridized carbons (Fsp3) is 0.600. The van der Waals surface area contributed by atoms with Crippen LogP contribution in [0.2, 0.25) is 0 Å². The molecule has 0 N–H and O–H groups in total. The third-order valence-electron chi connectivity index (χ3n) is 3.50. The van der Waals surface area contributed by atoms with Crippen molar-refractivity contribution in [2.45, 2.75) is 50.8 Å². The van der Waals surface area contributed by atoms with Gasteiger partial charge in [-0.15, -0.1) is 0 Å². The lowest BCUT2D eigenvalue weighted by Gasteiger charge is -2.35. The van der Waals surface area contributed by atoms with E-state index in [1.165, 1.54) is 6.07 Å². The van der Waals surface area contributed by atoms with Crippen LogP contribution >= 0.6 is 0 Å². The van der Waals surface area contributed by atoms with Gasteiger partial charge in [-0.05, 0) is 39.3 Å². The maximum Gasteiger partial charge on any atom is 0.410 e. The van der Waals surface area contributed by atoms with Gasteiger partial charge >= 0.3 is 6.09 Å². The second-order valence-corrected chi connectivity index (χ2v) is 8.52. The van der Waals surface area contributed by atoms with Gasteiger partial charge in [0, 0.05) is 24.9 Å². The summed E-state index contributed by atoms with van der Waals surface area (Å²) < 4.78 is 28.6. The van der Waals surface area contributed by atoms with Crippen molar-refractivity contribution in [1.82, 2.24) is 9.88 Å². The highest BCUT2D eigenvalue weighted by atomic mass is 32.2. The molecule has 2 rings (SSSR count). The van der Waals surface area contributed by atoms with E-state index in [0.29, 0.717) is 13.0 Å². The van der Waals surface area contributed by atoms with Crippen molar-refractivity contribution in [3.8, 4) is 0 Å². The number of carbonyl (C=O) groups is 1. The van der Waals surface area contributed by atoms with Crippen LogP contribution in [0.3, 0.4) is 0 Å². The lowest BCUT2D eigenvalue weighted by Crippen LogP contribution is -2.42. The number of nitrogens with zero attached hydrogens (tertiary/aromatic N) is 2. The summed E-state index contributed by atoms with van der Waals surface area (Å²) in [4.78, 5) is 18.1. The molecule has 0 bridgehead atoms. The first-order valence-electron chi connectivity index (χ1n) is 7.18. The Kier molecular flexibility index (Phi) is 4.21. The van der Waals surface area contributed by atoms with Crippen molar-refractivity contribution in [3.63, 3.8) is 0 Å². The Hall–Kier alpha value is -1.63. The highest BCUT2D eigenvalue weighted by Crippen LogP contribution is 2.30. The number of aromatic nitrogens is 1. The Morgan fingerprint density at radius 3 is 2.55 bits per heavy atom. The maximum atomic E-state index is 12.2. The van der Waals surface area contributed by atoms with Gasteiger partial charge in [0.25, 0.3) is 0 Å². The molecule has 0 spiro atoms. The van der Waals surface area contributed by atoms with Crippen LogP contribution in [0.1, 0.15) is 45.0 Å². The first-order valence-corrected chi connectivity index (χ1v) is 9.07. The van der Waals surface area contributed by atoms with Crippen molar-refractivity contribution in [2.75, 3.05) is 12.8 Å². The summed E-state index contributed by atoms with van der Waals surface area (Å²) in [5.41, 5.74) is 1.05. The van der Waals surface area contributed by atoms with E-state index in [0.717, 1.165) is 17.5 Å². The molecule has 1 atom stereocenters. The van der Waals surface area contributed by atoms with Gasteiger partial charge in [-0.1, -0.05) is 6.07 Å². The number of hydrogen-bond acceptors (Lipinski definition) is 5. The Balaban J connectivity index is 2.28. The Labute approximate surface area is 131 Å². The summed E-state index contributed by atoms with van der Waals surface area (Å²) in [5, 5.41) is 0.0733. The summed E-state index contributed by atoms with van der Waals surface area (Å²) in [7, 11) is -3.32. The van der Waals surface area contributed by atoms with E-state index in [-0.39, 0.29) is 17.2 Å². The molecule has 1 aliphatic rings. The Morgan fingerprint density at radius 1 is 1.36 bits per heavy atom. The van der Waals surface area contributed by atoms with E-state index in [2.05, 4.69) is 4.98 Å². The molecule has 1 aromatic heterocycles. The number of amides is 1. The number of hydrogen-bond donors (Lipinski definition) is 0. The largest absolute Gasteiger partial charge is 0.444 e. The predicted molar refractivity (Wildman–Crippen MR) is 82.4 cm³/mol. The summed E-state index contributed by atoms with van der Waals surface area (Å²) >= 11 is 0. The first kappa shape index (κ1) is 16.7. The lowest BCUT2D eigenvalue weighted by atomic mass is 9.99. The van der Waals surface area contributed by atoms with Crippen LogP contribution < -0.4 is 0 Å². The smallest absolute Gasteiger partial charge is 0.410 e. The highest BCUT2D eigenvalue weighted by Gasteiger charge is 2.32. The fourth-order valence-electron chi connectivity index (χ4n) is 2.44. The zero-order chi connectivity index (χ0) is 16.7. The molecule has 1 aromatic rings. The van der Waals surface area contributed by atoms with E-state index >= 15 is 0 Å². The quantitative estimate of drug-likeness (QED) is 0.791. The monoisotopic (exact) mass is 326 g/mol. The lowest BCUT2D eigenvalue weighted by molar-refractivity contribution is 0.0157. The van der Waals surface area contributed by atoms with Gasteiger partial charge in [-0.3, -0.25) is 0 Å². The van der Waals surface area contributed by atoms with Crippen molar-refractivity contribution >= 4 is 15.9 Å². The van der Waals surface area contributed by atoms with Crippen molar-refractivity contribution < 1.29 is 17.9 Å². The third kappa shape index (κ3) is 3.58. The van der Waals surface area contributed by atoms with E-state index in [4.69, 9.17) is 4.74 Å². The number of fused-ring (bicyclic) bond motifs is 1. The topological polar surface area (TPSA) is 76.6 Å². The molecule has 0 aromatic carbocycles. The summed E-state index contributed by atoms with van der Waals surface area (Å²) in [6.45, 7) is 7.83. The SMILES string of the molecule is CC1c2ccc(S(C)(=O)=O)nc2CCN1C(=O)OC(C)(C)C. The van der Waals surface area contributed by atoms with Gasteiger partial charge in [-0.2, -0.15) is 0 Å². The van der Waals surface area contributed by atoms with E-state index in [1.807, 2.05) is 27.7 Å². The second-order valence-electron chi connectivity index (χ2n) is 6.56. The third-order valence-corrected chi connectivity index (χ3v) is 4.49. The molecule has 6 nitrogen and oxygen atoms in total. The molecule has 122 valence electrons. The highest BCUT2D eigenvalue weighted by molar-refractivity contribution is 7.90. The Morgan fingerprint density at radius 2 is 2.00 bits per heavy atom. The molecule has 0 saturated carbocycles. The van der Waals surface area contributed by atoms with Crippen molar-refractivity contribution in [2.24, 2.45) is 0 Å². The minimum absolute atomic E-state index is 0.0733. The standard InChI is InChI=1S/C15H22N2O4S/c1-10-11-6-7-13(22(5,19)20)16-12(11)8-9-17(10)14(18)21-15(2,3)4/h6-7,10H,8-9H2,1-5H3. The van der Waals surface area contributed by atoms with Gasteiger partial charge in [0.1, 0.15) is 5.60 Å². The molecule has 2 heterocycles. The minimum atomic E-state index is -3.32. The second kappa shape index (κ2) is 5.53. The van der Waals surface area contributed by atoms with Crippen LogP contribution in [-0.4, -0.2) is 42.8 Å². The molecule has 0 fully saturated rings. The van der Waals surface area contributed by atoms with E-state index in [1.54, 1.807) is 11.0 Å². The first-order chi connectivity index (χ1) is 9.99. The zero-order valence-electron chi connectivity index (χ0n) is 13.6. The Bertz CT molecular complexity index is 692. The normalized spacial score (nSPS) is 18.8. The van der Waals surface area contributed by atoms with Crippen LogP contribution in [0, 0.1) is 0 Å². The molecule has 0 radical (unpaired) electrons. The molecule has 0 aliphatic carbocycles. The molecular weight excluding hydrogens is 304 g/mol. The molecule has 1 aliphatic heterocycles. The number of pyridine rings is 1. The average molecular weight is 326 g/mol. The summed E-state index contributed by atoms with van der Waals surface area (Å²) in [6.07, 6.45) is 1.29. The summed E-state index contributed by atoms with van der Waals surface area (Å²) in [5.74, 6) is 0. The molecule has 7 heteroatoms. The average Bonchev–Trinajstić information content (AvgIpc) is 2.35. The number of ether oxygens (including phenoxy) is 1. The van der Waals surface area contributed by atoms with Gasteiger partial charge in [0.15, 0.2) is 14.9 Å². The van der Waals surface area contributed by atoms with E-state index in [9.17, 15) is 13.2 Å². The molecular formula is C15H22N2O4S. The van der Waals surface area contributed by atoms with Gasteiger partial charge < -0.3 is 9.64 Å². The summed E-state index contributed by atoms with van der Waals surface area (Å²) in [6, 6.07) is 3.03.